The van der Waals surface area contributed by atoms with Crippen molar-refractivity contribution in [3.63, 3.8) is 0 Å². The summed E-state index contributed by atoms with van der Waals surface area (Å²) in [6, 6.07) is 4.88. The van der Waals surface area contributed by atoms with Crippen LogP contribution in [0.4, 0.5) is 5.69 Å². The zero-order chi connectivity index (χ0) is 16.8. The van der Waals surface area contributed by atoms with Crippen LogP contribution >= 0.6 is 23.8 Å². The quantitative estimate of drug-likeness (QED) is 0.560. The molecule has 0 radical (unpaired) electrons. The van der Waals surface area contributed by atoms with Crippen molar-refractivity contribution in [3.05, 3.63) is 28.3 Å². The van der Waals surface area contributed by atoms with E-state index in [1.807, 2.05) is 19.9 Å². The first-order valence-corrected chi connectivity index (χ1v) is 9.42. The van der Waals surface area contributed by atoms with Gasteiger partial charge in [0.2, 0.25) is 0 Å². The van der Waals surface area contributed by atoms with Crippen LogP contribution < -0.4 is 15.5 Å². The maximum absolute atomic E-state index is 6.30. The highest BCUT2D eigenvalue weighted by Gasteiger charge is 2.20. The smallest absolute Gasteiger partial charge is 0.170 e. The summed E-state index contributed by atoms with van der Waals surface area (Å²) in [5, 5.41) is 7.91. The Hall–Kier alpha value is -0.840. The van der Waals surface area contributed by atoms with Crippen molar-refractivity contribution in [2.45, 2.75) is 52.5 Å². The highest BCUT2D eigenvalue weighted by atomic mass is 35.5. The van der Waals surface area contributed by atoms with Crippen LogP contribution in [0.25, 0.3) is 0 Å². The summed E-state index contributed by atoms with van der Waals surface area (Å²) < 4.78 is 0. The van der Waals surface area contributed by atoms with E-state index in [2.05, 4.69) is 23.6 Å². The maximum Gasteiger partial charge on any atom is 0.170 e. The molecule has 2 atom stereocenters. The summed E-state index contributed by atoms with van der Waals surface area (Å²) in [7, 11) is 0. The van der Waals surface area contributed by atoms with Gasteiger partial charge in [0.25, 0.3) is 0 Å². The van der Waals surface area contributed by atoms with Crippen LogP contribution in [-0.4, -0.2) is 30.8 Å². The summed E-state index contributed by atoms with van der Waals surface area (Å²) in [5.74, 6) is 0. The van der Waals surface area contributed by atoms with Gasteiger partial charge in [-0.15, -0.1) is 0 Å². The first kappa shape index (κ1) is 18.5. The number of rotatable bonds is 5. The number of halogens is 1. The van der Waals surface area contributed by atoms with E-state index in [0.29, 0.717) is 5.11 Å². The molecule has 1 aromatic carbocycles. The SMILES string of the molecule is Cc1cc(C)c(NC(=S)NCCC[NH+]2CCCC[C@H]2C)c(Cl)c1. The van der Waals surface area contributed by atoms with E-state index in [0.717, 1.165) is 40.8 Å². The predicted octanol–water partition coefficient (Wildman–Crippen LogP) is 3.09. The number of piperidine rings is 1. The van der Waals surface area contributed by atoms with Gasteiger partial charge in [-0.05, 0) is 69.4 Å². The average Bonchev–Trinajstić information content (AvgIpc) is 2.49. The molecule has 0 spiro atoms. The molecule has 1 aliphatic heterocycles. The van der Waals surface area contributed by atoms with Crippen LogP contribution in [0.5, 0.6) is 0 Å². The van der Waals surface area contributed by atoms with Gasteiger partial charge < -0.3 is 15.5 Å². The van der Waals surface area contributed by atoms with Gasteiger partial charge in [0, 0.05) is 13.0 Å². The number of quaternary nitrogens is 1. The Morgan fingerprint density at radius 3 is 2.83 bits per heavy atom. The lowest BCUT2D eigenvalue weighted by Gasteiger charge is -2.30. The van der Waals surface area contributed by atoms with Crippen LogP contribution in [-0.2, 0) is 0 Å². The Morgan fingerprint density at radius 1 is 1.35 bits per heavy atom. The van der Waals surface area contributed by atoms with Crippen LogP contribution in [0.15, 0.2) is 12.1 Å². The molecule has 2 rings (SSSR count). The fraction of sp³-hybridized carbons (Fsp3) is 0.611. The lowest BCUT2D eigenvalue weighted by molar-refractivity contribution is -0.928. The number of thiocarbonyl (C=S) groups is 1. The van der Waals surface area contributed by atoms with Gasteiger partial charge >= 0.3 is 0 Å². The van der Waals surface area contributed by atoms with Crippen LogP contribution in [0.2, 0.25) is 5.02 Å². The van der Waals surface area contributed by atoms with Gasteiger partial charge in [-0.3, -0.25) is 0 Å². The fourth-order valence-electron chi connectivity index (χ4n) is 3.37. The lowest BCUT2D eigenvalue weighted by Crippen LogP contribution is -3.16. The third kappa shape index (κ3) is 5.63. The molecular formula is C18H29ClN3S+. The van der Waals surface area contributed by atoms with Gasteiger partial charge in [-0.1, -0.05) is 17.7 Å². The Kier molecular flexibility index (Phi) is 7.12. The number of hydrogen-bond acceptors (Lipinski definition) is 1. The van der Waals surface area contributed by atoms with E-state index in [1.165, 1.54) is 32.4 Å². The Balaban J connectivity index is 1.73. The summed E-state index contributed by atoms with van der Waals surface area (Å²) in [6.07, 6.45) is 5.28. The molecule has 1 fully saturated rings. The Morgan fingerprint density at radius 2 is 2.13 bits per heavy atom. The van der Waals surface area contributed by atoms with Gasteiger partial charge in [-0.25, -0.2) is 0 Å². The maximum atomic E-state index is 6.30. The number of likely N-dealkylation sites (tertiary alicyclic amines) is 1. The largest absolute Gasteiger partial charge is 0.362 e. The number of nitrogens with one attached hydrogen (secondary N) is 3. The number of anilines is 1. The van der Waals surface area contributed by atoms with Crippen LogP contribution in [0.1, 0.15) is 43.7 Å². The summed E-state index contributed by atoms with van der Waals surface area (Å²) in [5.41, 5.74) is 3.19. The first-order valence-electron chi connectivity index (χ1n) is 8.63. The van der Waals surface area contributed by atoms with Crippen molar-refractivity contribution >= 4 is 34.6 Å². The third-order valence-electron chi connectivity index (χ3n) is 4.71. The molecule has 0 aromatic heterocycles. The zero-order valence-corrected chi connectivity index (χ0v) is 16.0. The van der Waals surface area contributed by atoms with Crippen LogP contribution in [0, 0.1) is 13.8 Å². The van der Waals surface area contributed by atoms with Gasteiger partial charge in [0.1, 0.15) is 0 Å². The van der Waals surface area contributed by atoms with Crippen molar-refractivity contribution in [1.29, 1.82) is 0 Å². The van der Waals surface area contributed by atoms with Crippen molar-refractivity contribution in [1.82, 2.24) is 5.32 Å². The minimum atomic E-state index is 0.653. The molecule has 0 saturated carbocycles. The molecule has 5 heteroatoms. The monoisotopic (exact) mass is 354 g/mol. The minimum absolute atomic E-state index is 0.653. The van der Waals surface area contributed by atoms with E-state index in [-0.39, 0.29) is 0 Å². The summed E-state index contributed by atoms with van der Waals surface area (Å²) in [4.78, 5) is 1.74. The van der Waals surface area contributed by atoms with E-state index >= 15 is 0 Å². The van der Waals surface area contributed by atoms with E-state index < -0.39 is 0 Å². The zero-order valence-electron chi connectivity index (χ0n) is 14.5. The van der Waals surface area contributed by atoms with Crippen molar-refractivity contribution in [2.24, 2.45) is 0 Å². The predicted molar refractivity (Wildman–Crippen MR) is 104 cm³/mol. The molecule has 1 unspecified atom stereocenters. The Bertz CT molecular complexity index is 524. The molecule has 0 aliphatic carbocycles. The standard InChI is InChI=1S/C18H28ClN3S/c1-13-11-14(2)17(16(19)12-13)21-18(23)20-8-6-10-22-9-5-4-7-15(22)3/h11-12,15H,4-10H2,1-3H3,(H2,20,21,23)/p+1/t15-/m1/s1. The number of aryl methyl sites for hydroxylation is 2. The van der Waals surface area contributed by atoms with Gasteiger partial charge in [0.15, 0.2) is 5.11 Å². The van der Waals surface area contributed by atoms with Crippen molar-refractivity contribution in [2.75, 3.05) is 25.0 Å². The minimum Gasteiger partial charge on any atom is -0.362 e. The van der Waals surface area contributed by atoms with Crippen LogP contribution in [0.3, 0.4) is 0 Å². The third-order valence-corrected chi connectivity index (χ3v) is 5.26. The molecule has 3 nitrogen and oxygen atoms in total. The lowest BCUT2D eigenvalue weighted by atomic mass is 10.0. The Labute approximate surface area is 150 Å². The molecule has 128 valence electrons. The molecule has 0 bridgehead atoms. The normalized spacial score (nSPS) is 21.0. The topological polar surface area (TPSA) is 28.5 Å². The van der Waals surface area contributed by atoms with E-state index in [1.54, 1.807) is 4.90 Å². The second-order valence-corrected chi connectivity index (χ2v) is 7.54. The molecular weight excluding hydrogens is 326 g/mol. The molecule has 1 aromatic rings. The number of benzene rings is 1. The molecule has 0 amide bonds. The first-order chi connectivity index (χ1) is 11.0. The average molecular weight is 355 g/mol. The highest BCUT2D eigenvalue weighted by Crippen LogP contribution is 2.27. The summed E-state index contributed by atoms with van der Waals surface area (Å²) >= 11 is 11.7. The molecule has 1 aliphatic rings. The second kappa shape index (κ2) is 8.86. The second-order valence-electron chi connectivity index (χ2n) is 6.73. The molecule has 1 saturated heterocycles. The highest BCUT2D eigenvalue weighted by molar-refractivity contribution is 7.80. The van der Waals surface area contributed by atoms with Gasteiger partial charge in [-0.2, -0.15) is 0 Å². The molecule has 23 heavy (non-hydrogen) atoms. The summed E-state index contributed by atoms with van der Waals surface area (Å²) in [6.45, 7) is 9.91. The van der Waals surface area contributed by atoms with E-state index in [4.69, 9.17) is 23.8 Å². The molecule has 3 N–H and O–H groups in total. The van der Waals surface area contributed by atoms with Gasteiger partial charge in [0.05, 0.1) is 29.8 Å². The van der Waals surface area contributed by atoms with Crippen molar-refractivity contribution in [3.8, 4) is 0 Å². The van der Waals surface area contributed by atoms with E-state index in [9.17, 15) is 0 Å². The van der Waals surface area contributed by atoms with Crippen molar-refractivity contribution < 1.29 is 4.90 Å². The molecule has 1 heterocycles. The number of hydrogen-bond donors (Lipinski definition) is 3. The fourth-order valence-corrected chi connectivity index (χ4v) is 3.95.